The lowest BCUT2D eigenvalue weighted by Gasteiger charge is -2.42. The predicted octanol–water partition coefficient (Wildman–Crippen LogP) is 3.63. The Morgan fingerprint density at radius 2 is 2.03 bits per heavy atom. The molecule has 0 radical (unpaired) electrons. The molecule has 1 N–H and O–H groups in total. The third-order valence-corrected chi connectivity index (χ3v) is 7.03. The van der Waals surface area contributed by atoms with E-state index in [9.17, 15) is 14.9 Å². The molecule has 0 bridgehead atoms. The van der Waals surface area contributed by atoms with Crippen molar-refractivity contribution >= 4 is 17.3 Å². The van der Waals surface area contributed by atoms with Gasteiger partial charge in [0.1, 0.15) is 30.0 Å². The second-order valence-corrected chi connectivity index (χ2v) is 9.56. The number of esters is 1. The number of carbonyl (C=O) groups excluding carboxylic acids is 1. The maximum absolute atomic E-state index is 12.6. The molecule has 2 saturated heterocycles. The third kappa shape index (κ3) is 4.90. The highest BCUT2D eigenvalue weighted by atomic mass is 16.6. The number of epoxide rings is 2. The first kappa shape index (κ1) is 23.7. The van der Waals surface area contributed by atoms with Crippen molar-refractivity contribution in [3.63, 3.8) is 0 Å². The van der Waals surface area contributed by atoms with Crippen LogP contribution in [0, 0.1) is 16.0 Å². The molecule has 1 aliphatic carbocycles. The van der Waals surface area contributed by atoms with Gasteiger partial charge in [-0.05, 0) is 52.2 Å². The lowest BCUT2D eigenvalue weighted by Crippen LogP contribution is -2.55. The van der Waals surface area contributed by atoms with E-state index in [0.29, 0.717) is 18.7 Å². The second kappa shape index (κ2) is 9.04. The molecule has 1 aromatic carbocycles. The van der Waals surface area contributed by atoms with E-state index < -0.39 is 17.0 Å². The van der Waals surface area contributed by atoms with E-state index in [1.54, 1.807) is 19.2 Å². The first-order valence-corrected chi connectivity index (χ1v) is 11.3. The topological polar surface area (TPSA) is 116 Å². The summed E-state index contributed by atoms with van der Waals surface area (Å²) in [7, 11) is 1.64. The van der Waals surface area contributed by atoms with Gasteiger partial charge in [0.05, 0.1) is 23.6 Å². The number of anilines is 1. The van der Waals surface area contributed by atoms with Gasteiger partial charge in [-0.2, -0.15) is 0 Å². The molecular weight excluding hydrogens is 428 g/mol. The van der Waals surface area contributed by atoms with E-state index in [1.165, 1.54) is 17.7 Å². The second-order valence-electron chi connectivity index (χ2n) is 9.56. The summed E-state index contributed by atoms with van der Waals surface area (Å²) in [5.41, 5.74) is 1.20. The monoisotopic (exact) mass is 460 g/mol. The lowest BCUT2D eigenvalue weighted by molar-refractivity contribution is -0.384. The number of hydrogen-bond donors (Lipinski definition) is 1. The molecule has 0 aromatic heterocycles. The number of ether oxygens (including phenoxy) is 4. The Morgan fingerprint density at radius 1 is 1.33 bits per heavy atom. The standard InChI is InChI=1S/C24H32N2O7/c1-15(2)5-10-19-23(3,33-19)22-21(30-4)18(11-12-24(22)14-31-24)32-20(27)13-25-16-6-8-17(9-7-16)26(28)29/h5-9,18-19,21-22,25H,10-14H2,1-4H3/t18-,19-,21-,22-,23+,24+/m1/s1. The van der Waals surface area contributed by atoms with Crippen molar-refractivity contribution in [2.24, 2.45) is 5.92 Å². The van der Waals surface area contributed by atoms with E-state index in [2.05, 4.69) is 32.2 Å². The van der Waals surface area contributed by atoms with Gasteiger partial charge >= 0.3 is 5.97 Å². The highest BCUT2D eigenvalue weighted by Crippen LogP contribution is 2.59. The van der Waals surface area contributed by atoms with Crippen LogP contribution in [0.15, 0.2) is 35.9 Å². The summed E-state index contributed by atoms with van der Waals surface area (Å²) in [5.74, 6) is -0.436. The predicted molar refractivity (Wildman–Crippen MR) is 121 cm³/mol. The normalized spacial score (nSPS) is 34.4. The lowest BCUT2D eigenvalue weighted by atomic mass is 9.68. The molecule has 6 atom stereocenters. The highest BCUT2D eigenvalue weighted by Gasteiger charge is 2.72. The Bertz CT molecular complexity index is 923. The number of non-ortho nitro benzene ring substituents is 1. The van der Waals surface area contributed by atoms with E-state index in [-0.39, 0.29) is 41.6 Å². The largest absolute Gasteiger partial charge is 0.458 e. The molecule has 2 heterocycles. The number of allylic oxidation sites excluding steroid dienone is 1. The van der Waals surface area contributed by atoms with Gasteiger partial charge in [-0.15, -0.1) is 0 Å². The van der Waals surface area contributed by atoms with Crippen LogP contribution in [0.1, 0.15) is 40.0 Å². The van der Waals surface area contributed by atoms with E-state index in [4.69, 9.17) is 18.9 Å². The molecule has 0 unspecified atom stereocenters. The number of rotatable bonds is 9. The molecule has 180 valence electrons. The van der Waals surface area contributed by atoms with Gasteiger partial charge in [-0.3, -0.25) is 14.9 Å². The Kier molecular flexibility index (Phi) is 6.48. The number of nitro benzene ring substituents is 1. The molecule has 3 fully saturated rings. The highest BCUT2D eigenvalue weighted by molar-refractivity contribution is 5.75. The van der Waals surface area contributed by atoms with Crippen LogP contribution in [0.3, 0.4) is 0 Å². The molecule has 9 heteroatoms. The minimum Gasteiger partial charge on any atom is -0.458 e. The van der Waals surface area contributed by atoms with Gasteiger partial charge < -0.3 is 24.3 Å². The average Bonchev–Trinajstić information content (AvgIpc) is 3.69. The first-order valence-electron chi connectivity index (χ1n) is 11.3. The van der Waals surface area contributed by atoms with Crippen molar-refractivity contribution in [2.45, 2.75) is 69.5 Å². The van der Waals surface area contributed by atoms with Crippen molar-refractivity contribution in [3.8, 4) is 0 Å². The Hall–Kier alpha value is -2.49. The van der Waals surface area contributed by atoms with Crippen LogP contribution in [0.25, 0.3) is 0 Å². The van der Waals surface area contributed by atoms with Crippen molar-refractivity contribution in [1.29, 1.82) is 0 Å². The van der Waals surface area contributed by atoms with Crippen molar-refractivity contribution < 1.29 is 28.7 Å². The van der Waals surface area contributed by atoms with Crippen LogP contribution < -0.4 is 5.32 Å². The van der Waals surface area contributed by atoms with Crippen molar-refractivity contribution in [2.75, 3.05) is 25.6 Å². The quantitative estimate of drug-likeness (QED) is 0.195. The summed E-state index contributed by atoms with van der Waals surface area (Å²) >= 11 is 0. The Balaban J connectivity index is 1.38. The summed E-state index contributed by atoms with van der Waals surface area (Å²) in [4.78, 5) is 22.9. The summed E-state index contributed by atoms with van der Waals surface area (Å²) in [5, 5.41) is 13.7. The molecule has 9 nitrogen and oxygen atoms in total. The number of carbonyl (C=O) groups is 1. The number of nitro groups is 1. The molecule has 4 rings (SSSR count). The van der Waals surface area contributed by atoms with Crippen LogP contribution in [-0.4, -0.2) is 60.7 Å². The number of methoxy groups -OCH3 is 1. The third-order valence-electron chi connectivity index (χ3n) is 7.03. The maximum Gasteiger partial charge on any atom is 0.325 e. The minimum absolute atomic E-state index is 0.00536. The Morgan fingerprint density at radius 3 is 2.61 bits per heavy atom. The van der Waals surface area contributed by atoms with E-state index >= 15 is 0 Å². The van der Waals surface area contributed by atoms with Gasteiger partial charge in [-0.1, -0.05) is 11.6 Å². The Labute approximate surface area is 193 Å². The summed E-state index contributed by atoms with van der Waals surface area (Å²) < 4.78 is 23.8. The zero-order chi connectivity index (χ0) is 23.8. The molecule has 2 aliphatic heterocycles. The van der Waals surface area contributed by atoms with Crippen LogP contribution in [0.5, 0.6) is 0 Å². The smallest absolute Gasteiger partial charge is 0.325 e. The first-order chi connectivity index (χ1) is 15.7. The fourth-order valence-electron chi connectivity index (χ4n) is 5.16. The molecule has 1 spiro atoms. The van der Waals surface area contributed by atoms with Gasteiger partial charge in [0.2, 0.25) is 0 Å². The fourth-order valence-corrected chi connectivity index (χ4v) is 5.16. The van der Waals surface area contributed by atoms with Gasteiger partial charge in [-0.25, -0.2) is 0 Å². The average molecular weight is 461 g/mol. The molecular formula is C24H32N2O7. The molecule has 0 amide bonds. The molecule has 1 aromatic rings. The molecule has 33 heavy (non-hydrogen) atoms. The van der Waals surface area contributed by atoms with E-state index in [0.717, 1.165) is 12.8 Å². The van der Waals surface area contributed by atoms with Crippen molar-refractivity contribution in [1.82, 2.24) is 0 Å². The molecule has 1 saturated carbocycles. The summed E-state index contributed by atoms with van der Waals surface area (Å²) in [6, 6.07) is 5.90. The zero-order valence-corrected chi connectivity index (χ0v) is 19.5. The summed E-state index contributed by atoms with van der Waals surface area (Å²) in [6.07, 6.45) is 3.84. The van der Waals surface area contributed by atoms with Crippen molar-refractivity contribution in [3.05, 3.63) is 46.0 Å². The fraction of sp³-hybridized carbons (Fsp3) is 0.625. The number of nitrogens with zero attached hydrogens (tertiary/aromatic N) is 1. The van der Waals surface area contributed by atoms with Gasteiger partial charge in [0, 0.05) is 24.9 Å². The van der Waals surface area contributed by atoms with Crippen LogP contribution in [-0.2, 0) is 23.7 Å². The summed E-state index contributed by atoms with van der Waals surface area (Å²) in [6.45, 7) is 6.88. The van der Waals surface area contributed by atoms with Gasteiger partial charge in [0.15, 0.2) is 0 Å². The van der Waals surface area contributed by atoms with Gasteiger partial charge in [0.25, 0.3) is 5.69 Å². The number of hydrogen-bond acceptors (Lipinski definition) is 8. The van der Waals surface area contributed by atoms with Crippen LogP contribution in [0.2, 0.25) is 0 Å². The zero-order valence-electron chi connectivity index (χ0n) is 19.5. The molecule has 3 aliphatic rings. The maximum atomic E-state index is 12.6. The number of benzene rings is 1. The SMILES string of the molecule is CO[C@@H]1[C@H](OC(=O)CNc2ccc([N+](=O)[O-])cc2)CC[C@]2(CO2)[C@H]1[C@@]1(C)O[C@@H]1CC=C(C)C. The minimum atomic E-state index is -0.465. The van der Waals surface area contributed by atoms with Crippen LogP contribution >= 0.6 is 0 Å². The number of nitrogens with one attached hydrogen (secondary N) is 1. The van der Waals surface area contributed by atoms with Crippen LogP contribution in [0.4, 0.5) is 11.4 Å². The van der Waals surface area contributed by atoms with E-state index in [1.807, 2.05) is 0 Å².